The number of hydrogen-bond donors (Lipinski definition) is 0. The fourth-order valence-electron chi connectivity index (χ4n) is 3.35. The Morgan fingerprint density at radius 2 is 0.923 bits per heavy atom. The van der Waals surface area contributed by atoms with E-state index in [0.717, 1.165) is 24.0 Å². The Balaban J connectivity index is 2.60. The summed E-state index contributed by atoms with van der Waals surface area (Å²) < 4.78 is 13.1. The number of benzene rings is 2. The molecule has 2 nitrogen and oxygen atoms in total. The number of aryl methyl sites for hydroxylation is 2. The molecule has 142 valence electrons. The monoisotopic (exact) mass is 354 g/mol. The van der Waals surface area contributed by atoms with Gasteiger partial charge in [-0.2, -0.15) is 0 Å². The summed E-state index contributed by atoms with van der Waals surface area (Å²) in [5.74, 6) is 0. The van der Waals surface area contributed by atoms with Crippen LogP contribution in [0.15, 0.2) is 48.5 Å². The third kappa shape index (κ3) is 4.19. The smallest absolute Gasteiger partial charge is 0.123 e. The van der Waals surface area contributed by atoms with Gasteiger partial charge in [0, 0.05) is 13.2 Å². The average Bonchev–Trinajstić information content (AvgIpc) is 2.65. The van der Waals surface area contributed by atoms with Crippen molar-refractivity contribution in [1.29, 1.82) is 0 Å². The third-order valence-corrected chi connectivity index (χ3v) is 5.30. The van der Waals surface area contributed by atoms with E-state index in [1.807, 2.05) is 0 Å². The number of rotatable bonds is 9. The summed E-state index contributed by atoms with van der Waals surface area (Å²) in [5, 5.41) is 0. The molecule has 0 fully saturated rings. The fourth-order valence-corrected chi connectivity index (χ4v) is 3.35. The maximum Gasteiger partial charge on any atom is 0.123 e. The maximum atomic E-state index is 6.53. The van der Waals surface area contributed by atoms with Gasteiger partial charge in [-0.05, 0) is 51.7 Å². The first-order valence-electron chi connectivity index (χ1n) is 9.79. The standard InChI is InChI=1S/C24H34O2/c1-7-17-25-23(5,21-13-9-19(3)10-14-21)24(6,26-18-8-2)22-15-11-20(4)12-16-22/h9-16H,7-8,17-18H2,1-6H3. The van der Waals surface area contributed by atoms with Gasteiger partial charge in [-0.3, -0.25) is 0 Å². The average molecular weight is 355 g/mol. The lowest BCUT2D eigenvalue weighted by molar-refractivity contribution is -0.207. The van der Waals surface area contributed by atoms with Crippen LogP contribution >= 0.6 is 0 Å². The Morgan fingerprint density at radius 3 is 1.19 bits per heavy atom. The highest BCUT2D eigenvalue weighted by Gasteiger charge is 2.49. The number of ether oxygens (including phenoxy) is 2. The van der Waals surface area contributed by atoms with E-state index in [0.29, 0.717) is 13.2 Å². The SMILES string of the molecule is CCCOC(C)(c1ccc(C)cc1)C(C)(OCCC)c1ccc(C)cc1. The molecule has 0 radical (unpaired) electrons. The van der Waals surface area contributed by atoms with Crippen LogP contribution in [0.5, 0.6) is 0 Å². The van der Waals surface area contributed by atoms with Crippen molar-refractivity contribution in [3.8, 4) is 0 Å². The van der Waals surface area contributed by atoms with Crippen LogP contribution in [-0.2, 0) is 20.7 Å². The minimum atomic E-state index is -0.582. The van der Waals surface area contributed by atoms with E-state index in [9.17, 15) is 0 Å². The molecule has 0 amide bonds. The van der Waals surface area contributed by atoms with Crippen LogP contribution < -0.4 is 0 Å². The molecule has 0 aliphatic heterocycles. The predicted molar refractivity (Wildman–Crippen MR) is 110 cm³/mol. The minimum absolute atomic E-state index is 0.582. The van der Waals surface area contributed by atoms with E-state index in [2.05, 4.69) is 90.1 Å². The van der Waals surface area contributed by atoms with Gasteiger partial charge in [0.25, 0.3) is 0 Å². The second-order valence-electron chi connectivity index (χ2n) is 7.50. The van der Waals surface area contributed by atoms with E-state index in [1.165, 1.54) is 11.1 Å². The van der Waals surface area contributed by atoms with Crippen LogP contribution in [0.25, 0.3) is 0 Å². The molecule has 2 heteroatoms. The molecular formula is C24H34O2. The first kappa shape index (κ1) is 20.7. The van der Waals surface area contributed by atoms with Gasteiger partial charge in [-0.15, -0.1) is 0 Å². The zero-order valence-electron chi connectivity index (χ0n) is 17.3. The van der Waals surface area contributed by atoms with Gasteiger partial charge < -0.3 is 9.47 Å². The molecule has 0 N–H and O–H groups in total. The predicted octanol–water partition coefficient (Wildman–Crippen LogP) is 6.29. The van der Waals surface area contributed by atoms with E-state index in [-0.39, 0.29) is 0 Å². The molecule has 0 aromatic heterocycles. The van der Waals surface area contributed by atoms with Crippen LogP contribution in [0.3, 0.4) is 0 Å². The number of hydrogen-bond acceptors (Lipinski definition) is 2. The molecule has 2 atom stereocenters. The molecule has 0 heterocycles. The Labute approximate surface area is 159 Å². The van der Waals surface area contributed by atoms with Crippen molar-refractivity contribution in [3.63, 3.8) is 0 Å². The topological polar surface area (TPSA) is 18.5 Å². The van der Waals surface area contributed by atoms with E-state index >= 15 is 0 Å². The Bertz CT molecular complexity index is 613. The maximum absolute atomic E-state index is 6.53. The van der Waals surface area contributed by atoms with Gasteiger partial charge in [-0.1, -0.05) is 73.5 Å². The summed E-state index contributed by atoms with van der Waals surface area (Å²) in [6.07, 6.45) is 1.94. The summed E-state index contributed by atoms with van der Waals surface area (Å²) in [6, 6.07) is 17.3. The Hall–Kier alpha value is -1.64. The van der Waals surface area contributed by atoms with Gasteiger partial charge >= 0.3 is 0 Å². The van der Waals surface area contributed by atoms with Crippen LogP contribution in [0, 0.1) is 13.8 Å². The molecule has 0 spiro atoms. The van der Waals surface area contributed by atoms with Crippen molar-refractivity contribution in [3.05, 3.63) is 70.8 Å². The highest BCUT2D eigenvalue weighted by atomic mass is 16.6. The highest BCUT2D eigenvalue weighted by molar-refractivity contribution is 5.36. The lowest BCUT2D eigenvalue weighted by atomic mass is 9.75. The summed E-state index contributed by atoms with van der Waals surface area (Å²) in [7, 11) is 0. The molecule has 0 aliphatic rings. The van der Waals surface area contributed by atoms with Crippen LogP contribution in [0.2, 0.25) is 0 Å². The van der Waals surface area contributed by atoms with Crippen molar-refractivity contribution in [2.24, 2.45) is 0 Å². The Morgan fingerprint density at radius 1 is 0.615 bits per heavy atom. The van der Waals surface area contributed by atoms with Gasteiger partial charge in [0.15, 0.2) is 0 Å². The van der Waals surface area contributed by atoms with Crippen LogP contribution in [-0.4, -0.2) is 13.2 Å². The van der Waals surface area contributed by atoms with Crippen LogP contribution in [0.4, 0.5) is 0 Å². The fraction of sp³-hybridized carbons (Fsp3) is 0.500. The van der Waals surface area contributed by atoms with E-state index < -0.39 is 11.2 Å². The van der Waals surface area contributed by atoms with Crippen molar-refractivity contribution >= 4 is 0 Å². The molecule has 0 bridgehead atoms. The second kappa shape index (κ2) is 8.83. The lowest BCUT2D eigenvalue weighted by Gasteiger charge is -2.47. The first-order valence-corrected chi connectivity index (χ1v) is 9.79. The highest BCUT2D eigenvalue weighted by Crippen LogP contribution is 2.46. The zero-order chi connectivity index (χ0) is 19.2. The zero-order valence-corrected chi connectivity index (χ0v) is 17.3. The summed E-state index contributed by atoms with van der Waals surface area (Å²) >= 11 is 0. The molecule has 0 saturated heterocycles. The quantitative estimate of drug-likeness (QED) is 0.527. The summed E-state index contributed by atoms with van der Waals surface area (Å²) in [4.78, 5) is 0. The Kier molecular flexibility index (Phi) is 7.02. The largest absolute Gasteiger partial charge is 0.367 e. The third-order valence-electron chi connectivity index (χ3n) is 5.30. The molecule has 0 aliphatic carbocycles. The van der Waals surface area contributed by atoms with Crippen molar-refractivity contribution in [2.45, 2.75) is 65.6 Å². The van der Waals surface area contributed by atoms with E-state index in [1.54, 1.807) is 0 Å². The van der Waals surface area contributed by atoms with Crippen molar-refractivity contribution in [2.75, 3.05) is 13.2 Å². The van der Waals surface area contributed by atoms with Gasteiger partial charge in [0.1, 0.15) is 11.2 Å². The van der Waals surface area contributed by atoms with Crippen molar-refractivity contribution < 1.29 is 9.47 Å². The molecule has 0 saturated carbocycles. The molecule has 2 rings (SSSR count). The molecular weight excluding hydrogens is 320 g/mol. The van der Waals surface area contributed by atoms with Gasteiger partial charge in [0.2, 0.25) is 0 Å². The normalized spacial score (nSPS) is 16.1. The molecule has 2 aromatic carbocycles. The summed E-state index contributed by atoms with van der Waals surface area (Å²) in [5.41, 5.74) is 3.63. The van der Waals surface area contributed by atoms with E-state index in [4.69, 9.17) is 9.47 Å². The van der Waals surface area contributed by atoms with Gasteiger partial charge in [-0.25, -0.2) is 0 Å². The lowest BCUT2D eigenvalue weighted by Crippen LogP contribution is -2.49. The molecule has 2 unspecified atom stereocenters. The molecule has 26 heavy (non-hydrogen) atoms. The molecule has 2 aromatic rings. The first-order chi connectivity index (χ1) is 12.4. The van der Waals surface area contributed by atoms with Crippen molar-refractivity contribution in [1.82, 2.24) is 0 Å². The summed E-state index contributed by atoms with van der Waals surface area (Å²) in [6.45, 7) is 14.2. The van der Waals surface area contributed by atoms with Crippen LogP contribution in [0.1, 0.15) is 62.8 Å². The minimum Gasteiger partial charge on any atom is -0.367 e. The van der Waals surface area contributed by atoms with Gasteiger partial charge in [0.05, 0.1) is 0 Å². The second-order valence-corrected chi connectivity index (χ2v) is 7.50.